The highest BCUT2D eigenvalue weighted by Gasteiger charge is 2.16. The zero-order valence-electron chi connectivity index (χ0n) is 10.8. The van der Waals surface area contributed by atoms with Crippen LogP contribution in [0.1, 0.15) is 37.4 Å². The van der Waals surface area contributed by atoms with Crippen molar-refractivity contribution in [1.82, 2.24) is 24.9 Å². The second kappa shape index (κ2) is 5.07. The molecule has 3 rings (SSSR count). The van der Waals surface area contributed by atoms with E-state index in [0.29, 0.717) is 0 Å². The van der Waals surface area contributed by atoms with E-state index in [1.165, 1.54) is 0 Å². The highest BCUT2D eigenvalue weighted by Crippen LogP contribution is 2.18. The summed E-state index contributed by atoms with van der Waals surface area (Å²) in [5, 5.41) is 14.0. The van der Waals surface area contributed by atoms with Gasteiger partial charge in [-0.1, -0.05) is 6.07 Å². The normalized spacial score (nSPS) is 14.6. The summed E-state index contributed by atoms with van der Waals surface area (Å²) >= 11 is 1.61. The molecule has 0 radical (unpaired) electrons. The van der Waals surface area contributed by atoms with Crippen LogP contribution >= 0.6 is 11.3 Å². The summed E-state index contributed by atoms with van der Waals surface area (Å²) in [6.07, 6.45) is 1.98. The second-order valence-corrected chi connectivity index (χ2v) is 5.23. The third-order valence-corrected chi connectivity index (χ3v) is 3.73. The fraction of sp³-hybridized carbons (Fsp3) is 0.308. The fourth-order valence-electron chi connectivity index (χ4n) is 2.13. The number of hydrogen-bond acceptors (Lipinski definition) is 5. The summed E-state index contributed by atoms with van der Waals surface area (Å²) in [4.78, 5) is 4.33. The van der Waals surface area contributed by atoms with E-state index in [0.717, 1.165) is 17.2 Å². The number of nitrogens with zero attached hydrogens (tertiary/aromatic N) is 4. The molecule has 0 fully saturated rings. The molecule has 0 amide bonds. The first kappa shape index (κ1) is 12.3. The van der Waals surface area contributed by atoms with Crippen LogP contribution in [0.5, 0.6) is 0 Å². The lowest BCUT2D eigenvalue weighted by Crippen LogP contribution is -2.24. The number of hydrogen-bond donors (Lipinski definition) is 1. The van der Waals surface area contributed by atoms with E-state index in [2.05, 4.69) is 39.7 Å². The van der Waals surface area contributed by atoms with Crippen LogP contribution in [0, 0.1) is 0 Å². The number of pyridine rings is 1. The lowest BCUT2D eigenvalue weighted by Gasteiger charge is -2.17. The van der Waals surface area contributed by atoms with Gasteiger partial charge in [-0.25, -0.2) is 4.98 Å². The second-order valence-electron chi connectivity index (χ2n) is 4.51. The smallest absolute Gasteiger partial charge is 0.160 e. The maximum Gasteiger partial charge on any atom is 0.160 e. The number of thiazole rings is 1. The first-order valence-electron chi connectivity index (χ1n) is 6.19. The Morgan fingerprint density at radius 1 is 1.21 bits per heavy atom. The number of nitrogens with one attached hydrogen (secondary N) is 1. The van der Waals surface area contributed by atoms with Crippen LogP contribution in [0.15, 0.2) is 35.3 Å². The molecule has 0 aliphatic carbocycles. The zero-order chi connectivity index (χ0) is 13.2. The Morgan fingerprint density at radius 3 is 2.89 bits per heavy atom. The first-order chi connectivity index (χ1) is 9.25. The Bertz CT molecular complexity index is 661. The molecule has 3 heterocycles. The zero-order valence-corrected chi connectivity index (χ0v) is 11.6. The van der Waals surface area contributed by atoms with Gasteiger partial charge in [-0.15, -0.1) is 21.5 Å². The fourth-order valence-corrected chi connectivity index (χ4v) is 2.77. The van der Waals surface area contributed by atoms with Crippen LogP contribution in [-0.2, 0) is 0 Å². The molecule has 0 bridgehead atoms. The van der Waals surface area contributed by atoms with E-state index in [1.54, 1.807) is 11.3 Å². The summed E-state index contributed by atoms with van der Waals surface area (Å²) in [5.74, 6) is 0.915. The van der Waals surface area contributed by atoms with Crippen molar-refractivity contribution < 1.29 is 0 Å². The first-order valence-corrected chi connectivity index (χ1v) is 7.14. The molecule has 0 saturated heterocycles. The van der Waals surface area contributed by atoms with Crippen molar-refractivity contribution in [2.24, 2.45) is 0 Å². The summed E-state index contributed by atoms with van der Waals surface area (Å²) < 4.78 is 2.01. The monoisotopic (exact) mass is 273 g/mol. The van der Waals surface area contributed by atoms with Gasteiger partial charge in [-0.2, -0.15) is 0 Å². The highest BCUT2D eigenvalue weighted by atomic mass is 32.1. The summed E-state index contributed by atoms with van der Waals surface area (Å²) in [6.45, 7) is 4.20. The van der Waals surface area contributed by atoms with Crippen molar-refractivity contribution in [2.45, 2.75) is 25.9 Å². The van der Waals surface area contributed by atoms with Crippen LogP contribution in [0.3, 0.4) is 0 Å². The van der Waals surface area contributed by atoms with Crippen LogP contribution < -0.4 is 5.32 Å². The predicted molar refractivity (Wildman–Crippen MR) is 75.1 cm³/mol. The Labute approximate surface area is 115 Å². The van der Waals surface area contributed by atoms with Crippen LogP contribution in [0.2, 0.25) is 0 Å². The van der Waals surface area contributed by atoms with Gasteiger partial charge in [0.1, 0.15) is 0 Å². The molecule has 1 N–H and O–H groups in total. The maximum atomic E-state index is 4.33. The average Bonchev–Trinajstić information content (AvgIpc) is 3.08. The van der Waals surface area contributed by atoms with E-state index >= 15 is 0 Å². The molecule has 3 aromatic heterocycles. The molecule has 6 heteroatoms. The van der Waals surface area contributed by atoms with Gasteiger partial charge in [0.2, 0.25) is 0 Å². The molecular weight excluding hydrogens is 258 g/mol. The highest BCUT2D eigenvalue weighted by molar-refractivity contribution is 7.07. The molecule has 2 atom stereocenters. The standard InChI is InChI=1S/C13H15N5S/c1-9(11-7-19-8-14-11)15-10(2)13-17-16-12-5-3-4-6-18(12)13/h3-10,15H,1-2H3. The number of aromatic nitrogens is 4. The van der Waals surface area contributed by atoms with E-state index in [1.807, 2.05) is 34.3 Å². The number of fused-ring (bicyclic) bond motifs is 1. The number of rotatable bonds is 4. The van der Waals surface area contributed by atoms with E-state index in [4.69, 9.17) is 0 Å². The SMILES string of the molecule is CC(NC(C)c1nnc2ccccn12)c1cscn1. The molecule has 2 unspecified atom stereocenters. The summed E-state index contributed by atoms with van der Waals surface area (Å²) in [7, 11) is 0. The molecule has 0 aliphatic rings. The van der Waals surface area contributed by atoms with Gasteiger partial charge < -0.3 is 0 Å². The summed E-state index contributed by atoms with van der Waals surface area (Å²) in [5.41, 5.74) is 3.78. The molecule has 5 nitrogen and oxygen atoms in total. The molecular formula is C13H15N5S. The predicted octanol–water partition coefficient (Wildman–Crippen LogP) is 2.60. The van der Waals surface area contributed by atoms with Crippen molar-refractivity contribution in [3.63, 3.8) is 0 Å². The minimum absolute atomic E-state index is 0.106. The van der Waals surface area contributed by atoms with E-state index < -0.39 is 0 Å². The Morgan fingerprint density at radius 2 is 2.11 bits per heavy atom. The van der Waals surface area contributed by atoms with Gasteiger partial charge in [0, 0.05) is 17.6 Å². The van der Waals surface area contributed by atoms with Crippen molar-refractivity contribution in [2.75, 3.05) is 0 Å². The van der Waals surface area contributed by atoms with Crippen molar-refractivity contribution >= 4 is 17.0 Å². The van der Waals surface area contributed by atoms with Gasteiger partial charge in [-0.3, -0.25) is 9.72 Å². The average molecular weight is 273 g/mol. The van der Waals surface area contributed by atoms with Gasteiger partial charge >= 0.3 is 0 Å². The molecule has 98 valence electrons. The van der Waals surface area contributed by atoms with E-state index in [-0.39, 0.29) is 12.1 Å². The van der Waals surface area contributed by atoms with Crippen LogP contribution in [0.25, 0.3) is 5.65 Å². The van der Waals surface area contributed by atoms with Gasteiger partial charge in [-0.05, 0) is 26.0 Å². The van der Waals surface area contributed by atoms with Gasteiger partial charge in [0.05, 0.1) is 17.2 Å². The third-order valence-electron chi connectivity index (χ3n) is 3.12. The third kappa shape index (κ3) is 2.36. The maximum absolute atomic E-state index is 4.33. The molecule has 3 aromatic rings. The van der Waals surface area contributed by atoms with E-state index in [9.17, 15) is 0 Å². The van der Waals surface area contributed by atoms with Crippen molar-refractivity contribution in [3.8, 4) is 0 Å². The topological polar surface area (TPSA) is 55.1 Å². The quantitative estimate of drug-likeness (QED) is 0.794. The minimum atomic E-state index is 0.106. The minimum Gasteiger partial charge on any atom is -0.299 e. The Balaban J connectivity index is 1.82. The molecule has 19 heavy (non-hydrogen) atoms. The van der Waals surface area contributed by atoms with Crippen molar-refractivity contribution in [1.29, 1.82) is 0 Å². The molecule has 0 aliphatic heterocycles. The van der Waals surface area contributed by atoms with Crippen LogP contribution in [0.4, 0.5) is 0 Å². The van der Waals surface area contributed by atoms with Gasteiger partial charge in [0.15, 0.2) is 11.5 Å². The van der Waals surface area contributed by atoms with Crippen LogP contribution in [-0.4, -0.2) is 19.6 Å². The lowest BCUT2D eigenvalue weighted by molar-refractivity contribution is 0.468. The van der Waals surface area contributed by atoms with Gasteiger partial charge in [0.25, 0.3) is 0 Å². The Hall–Kier alpha value is -1.79. The Kier molecular flexibility index (Phi) is 3.27. The lowest BCUT2D eigenvalue weighted by atomic mass is 10.2. The van der Waals surface area contributed by atoms with Crippen molar-refractivity contribution in [3.05, 3.63) is 46.8 Å². The molecule has 0 aromatic carbocycles. The largest absolute Gasteiger partial charge is 0.299 e. The molecule has 0 saturated carbocycles. The molecule has 0 spiro atoms. The summed E-state index contributed by atoms with van der Waals surface area (Å²) in [6, 6.07) is 6.19.